The number of pyridine rings is 1. The lowest BCUT2D eigenvalue weighted by Crippen LogP contribution is -2.18. The third kappa shape index (κ3) is 2.86. The van der Waals surface area contributed by atoms with Gasteiger partial charge in [0.2, 0.25) is 0 Å². The van der Waals surface area contributed by atoms with Crippen LogP contribution in [0.25, 0.3) is 22.0 Å². The molecule has 0 bridgehead atoms. The Morgan fingerprint density at radius 2 is 1.80 bits per heavy atom. The quantitative estimate of drug-likeness (QED) is 0.775. The van der Waals surface area contributed by atoms with E-state index in [-0.39, 0.29) is 12.2 Å². The zero-order valence-corrected chi connectivity index (χ0v) is 14.4. The van der Waals surface area contributed by atoms with Crippen molar-refractivity contribution in [2.75, 3.05) is 20.3 Å². The Labute approximate surface area is 149 Å². The molecule has 2 aromatic carbocycles. The van der Waals surface area contributed by atoms with Crippen LogP contribution in [0, 0.1) is 0 Å². The van der Waals surface area contributed by atoms with Crippen molar-refractivity contribution in [1.82, 2.24) is 4.98 Å². The Morgan fingerprint density at radius 3 is 2.48 bits per heavy atom. The maximum Gasteiger partial charge on any atom is 0.254 e. The first kappa shape index (κ1) is 16.0. The maximum atomic E-state index is 12.6. The average Bonchev–Trinajstić information content (AvgIpc) is 2.62. The number of hydrogen-bond acceptors (Lipinski definition) is 4. The summed E-state index contributed by atoms with van der Waals surface area (Å²) in [5, 5.41) is 1.51. The van der Waals surface area contributed by atoms with E-state index in [9.17, 15) is 4.79 Å². The highest BCUT2D eigenvalue weighted by atomic mass is 35.5. The highest BCUT2D eigenvalue weighted by molar-refractivity contribution is 6.30. The van der Waals surface area contributed by atoms with Crippen LogP contribution in [0.1, 0.15) is 5.56 Å². The van der Waals surface area contributed by atoms with Crippen LogP contribution in [0.5, 0.6) is 11.5 Å². The number of ether oxygens (including phenoxy) is 3. The van der Waals surface area contributed by atoms with Crippen molar-refractivity contribution in [3.05, 3.63) is 57.3 Å². The van der Waals surface area contributed by atoms with E-state index < -0.39 is 0 Å². The number of fused-ring (bicyclic) bond motifs is 2. The van der Waals surface area contributed by atoms with Crippen molar-refractivity contribution in [3.8, 4) is 22.6 Å². The lowest BCUT2D eigenvalue weighted by atomic mass is 9.96. The number of aromatic amines is 1. The van der Waals surface area contributed by atoms with Gasteiger partial charge in [-0.3, -0.25) is 4.79 Å². The fourth-order valence-electron chi connectivity index (χ4n) is 3.10. The molecule has 5 nitrogen and oxygen atoms in total. The fraction of sp³-hybridized carbons (Fsp3) is 0.211. The summed E-state index contributed by atoms with van der Waals surface area (Å²) in [6.45, 7) is 1.20. The number of hydrogen-bond donors (Lipinski definition) is 1. The summed E-state index contributed by atoms with van der Waals surface area (Å²) in [6, 6.07) is 11.1. The van der Waals surface area contributed by atoms with Crippen LogP contribution in [0.3, 0.4) is 0 Å². The van der Waals surface area contributed by atoms with Crippen molar-refractivity contribution in [3.63, 3.8) is 0 Å². The molecule has 0 aliphatic carbocycles. The number of rotatable bonds is 3. The van der Waals surface area contributed by atoms with Gasteiger partial charge in [-0.25, -0.2) is 0 Å². The summed E-state index contributed by atoms with van der Waals surface area (Å²) >= 11 is 6.02. The molecule has 1 N–H and O–H groups in total. The Kier molecular flexibility index (Phi) is 4.11. The molecule has 0 radical (unpaired) electrons. The van der Waals surface area contributed by atoms with Gasteiger partial charge in [-0.2, -0.15) is 0 Å². The van der Waals surface area contributed by atoms with Gasteiger partial charge in [-0.05, 0) is 23.8 Å². The summed E-state index contributed by atoms with van der Waals surface area (Å²) in [4.78, 5) is 15.5. The second-order valence-electron chi connectivity index (χ2n) is 5.79. The molecule has 3 aromatic rings. The number of methoxy groups -OCH3 is 1. The molecule has 0 spiro atoms. The van der Waals surface area contributed by atoms with E-state index in [0.717, 1.165) is 16.5 Å². The molecule has 0 fully saturated rings. The maximum absolute atomic E-state index is 12.6. The van der Waals surface area contributed by atoms with Crippen LogP contribution in [0.4, 0.5) is 0 Å². The average molecular weight is 358 g/mol. The van der Waals surface area contributed by atoms with Crippen LogP contribution < -0.4 is 15.0 Å². The Hall–Kier alpha value is -2.50. The summed E-state index contributed by atoms with van der Waals surface area (Å²) in [6.07, 6.45) is 0. The number of benzene rings is 2. The highest BCUT2D eigenvalue weighted by Gasteiger charge is 2.19. The predicted molar refractivity (Wildman–Crippen MR) is 96.7 cm³/mol. The number of nitrogens with one attached hydrogen (secondary N) is 1. The van der Waals surface area contributed by atoms with Gasteiger partial charge in [0.25, 0.3) is 5.56 Å². The van der Waals surface area contributed by atoms with Crippen LogP contribution in [-0.2, 0) is 11.3 Å². The lowest BCUT2D eigenvalue weighted by molar-refractivity contribution is 0.172. The Balaban J connectivity index is 2.06. The van der Waals surface area contributed by atoms with Crippen molar-refractivity contribution in [1.29, 1.82) is 0 Å². The second-order valence-corrected chi connectivity index (χ2v) is 6.23. The number of aromatic nitrogens is 1. The molecule has 1 aliphatic rings. The van der Waals surface area contributed by atoms with Crippen molar-refractivity contribution < 1.29 is 14.2 Å². The molecule has 25 heavy (non-hydrogen) atoms. The molecular formula is C19H16ClNO4. The summed E-state index contributed by atoms with van der Waals surface area (Å²) < 4.78 is 16.6. The van der Waals surface area contributed by atoms with Crippen molar-refractivity contribution >= 4 is 22.5 Å². The minimum atomic E-state index is -0.184. The van der Waals surface area contributed by atoms with E-state index >= 15 is 0 Å². The molecule has 0 amide bonds. The molecule has 4 rings (SSSR count). The minimum absolute atomic E-state index is 0.184. The first-order valence-corrected chi connectivity index (χ1v) is 8.28. The monoisotopic (exact) mass is 357 g/mol. The van der Waals surface area contributed by atoms with Gasteiger partial charge in [0.1, 0.15) is 13.2 Å². The van der Waals surface area contributed by atoms with E-state index in [1.165, 1.54) is 0 Å². The van der Waals surface area contributed by atoms with E-state index in [4.69, 9.17) is 25.8 Å². The summed E-state index contributed by atoms with van der Waals surface area (Å²) in [5.74, 6) is 1.31. The van der Waals surface area contributed by atoms with Crippen LogP contribution in [-0.4, -0.2) is 25.3 Å². The Bertz CT molecular complexity index is 995. The fourth-order valence-corrected chi connectivity index (χ4v) is 3.23. The van der Waals surface area contributed by atoms with E-state index in [1.807, 2.05) is 18.2 Å². The topological polar surface area (TPSA) is 60.6 Å². The van der Waals surface area contributed by atoms with Crippen LogP contribution in [0.15, 0.2) is 41.2 Å². The minimum Gasteiger partial charge on any atom is -0.486 e. The van der Waals surface area contributed by atoms with Gasteiger partial charge in [0.05, 0.1) is 17.7 Å². The molecule has 128 valence electrons. The largest absolute Gasteiger partial charge is 0.486 e. The predicted octanol–water partition coefficient (Wildman–Crippen LogP) is 3.77. The zero-order valence-electron chi connectivity index (χ0n) is 13.6. The van der Waals surface area contributed by atoms with Gasteiger partial charge in [0.15, 0.2) is 11.5 Å². The van der Waals surface area contributed by atoms with E-state index in [1.54, 1.807) is 25.3 Å². The normalized spacial score (nSPS) is 13.2. The molecule has 1 aromatic heterocycles. The van der Waals surface area contributed by atoms with Gasteiger partial charge in [-0.1, -0.05) is 23.7 Å². The summed E-state index contributed by atoms with van der Waals surface area (Å²) in [5.41, 5.74) is 2.78. The number of halogens is 1. The highest BCUT2D eigenvalue weighted by Crippen LogP contribution is 2.38. The van der Waals surface area contributed by atoms with Gasteiger partial charge in [-0.15, -0.1) is 0 Å². The first-order chi connectivity index (χ1) is 12.2. The zero-order chi connectivity index (χ0) is 17.4. The van der Waals surface area contributed by atoms with Crippen molar-refractivity contribution in [2.24, 2.45) is 0 Å². The summed E-state index contributed by atoms with van der Waals surface area (Å²) in [7, 11) is 1.57. The standard InChI is InChI=1S/C19H16ClNO4/c1-23-10-14-18(11-2-4-12(20)5-3-11)13-8-16-17(25-7-6-24-16)9-15(13)21-19(14)22/h2-5,8-9H,6-7,10H2,1H3,(H,21,22). The third-order valence-corrected chi connectivity index (χ3v) is 4.45. The number of H-pyrrole nitrogens is 1. The first-order valence-electron chi connectivity index (χ1n) is 7.91. The molecule has 0 saturated heterocycles. The molecule has 6 heteroatoms. The van der Waals surface area contributed by atoms with E-state index in [0.29, 0.717) is 40.8 Å². The van der Waals surface area contributed by atoms with Gasteiger partial charge < -0.3 is 19.2 Å². The second kappa shape index (κ2) is 6.43. The molecular weight excluding hydrogens is 342 g/mol. The molecule has 1 aliphatic heterocycles. The van der Waals surface area contributed by atoms with Gasteiger partial charge >= 0.3 is 0 Å². The molecule has 0 saturated carbocycles. The lowest BCUT2D eigenvalue weighted by Gasteiger charge is -2.20. The van der Waals surface area contributed by atoms with Crippen LogP contribution in [0.2, 0.25) is 5.02 Å². The van der Waals surface area contributed by atoms with Crippen LogP contribution >= 0.6 is 11.6 Å². The SMILES string of the molecule is COCc1c(-c2ccc(Cl)cc2)c2cc3c(cc2[nH]c1=O)OCCO3. The molecule has 0 unspecified atom stereocenters. The molecule has 0 atom stereocenters. The Morgan fingerprint density at radius 1 is 1.12 bits per heavy atom. The molecule has 2 heterocycles. The third-order valence-electron chi connectivity index (χ3n) is 4.20. The van der Waals surface area contributed by atoms with Gasteiger partial charge in [0, 0.05) is 29.1 Å². The van der Waals surface area contributed by atoms with Crippen molar-refractivity contribution in [2.45, 2.75) is 6.61 Å². The smallest absolute Gasteiger partial charge is 0.254 e. The van der Waals surface area contributed by atoms with E-state index in [2.05, 4.69) is 4.98 Å².